The highest BCUT2D eigenvalue weighted by molar-refractivity contribution is 7.07. The van der Waals surface area contributed by atoms with Crippen molar-refractivity contribution in [2.24, 2.45) is 0 Å². The molecule has 90 valence electrons. The van der Waals surface area contributed by atoms with Crippen LogP contribution in [0.25, 0.3) is 0 Å². The minimum absolute atomic E-state index is 0.0314. The number of rotatable bonds is 5. The molecule has 0 radical (unpaired) electrons. The standard InChI is InChI=1S/C12H15N3OS/c1-2-10(12-13-4-5-14-12)15-11(16)7-9-3-6-17-8-9/h3-6,8,10H,2,7H2,1H3,(H,13,14)(H,15,16). The molecule has 0 saturated heterocycles. The Kier molecular flexibility index (Phi) is 3.93. The zero-order valence-corrected chi connectivity index (χ0v) is 10.5. The van der Waals surface area contributed by atoms with Crippen LogP contribution >= 0.6 is 11.3 Å². The van der Waals surface area contributed by atoms with Crippen molar-refractivity contribution >= 4 is 17.2 Å². The number of aromatic nitrogens is 2. The number of imidazole rings is 1. The summed E-state index contributed by atoms with van der Waals surface area (Å²) in [6.45, 7) is 2.03. The number of amides is 1. The van der Waals surface area contributed by atoms with Crippen molar-refractivity contribution in [2.75, 3.05) is 0 Å². The largest absolute Gasteiger partial charge is 0.347 e. The van der Waals surface area contributed by atoms with E-state index in [0.717, 1.165) is 17.8 Å². The first kappa shape index (κ1) is 11.9. The second-order valence-corrected chi connectivity index (χ2v) is 4.59. The number of H-pyrrole nitrogens is 1. The fourth-order valence-electron chi connectivity index (χ4n) is 1.66. The molecule has 2 heterocycles. The van der Waals surface area contributed by atoms with Crippen molar-refractivity contribution in [3.8, 4) is 0 Å². The summed E-state index contributed by atoms with van der Waals surface area (Å²) in [5, 5.41) is 6.95. The summed E-state index contributed by atoms with van der Waals surface area (Å²) in [4.78, 5) is 19.0. The van der Waals surface area contributed by atoms with Crippen LogP contribution in [0, 0.1) is 0 Å². The Morgan fingerprint density at radius 1 is 1.65 bits per heavy atom. The zero-order valence-electron chi connectivity index (χ0n) is 9.64. The van der Waals surface area contributed by atoms with Gasteiger partial charge in [0.25, 0.3) is 0 Å². The van der Waals surface area contributed by atoms with Gasteiger partial charge >= 0.3 is 0 Å². The van der Waals surface area contributed by atoms with Gasteiger partial charge in [0.05, 0.1) is 12.5 Å². The lowest BCUT2D eigenvalue weighted by molar-refractivity contribution is -0.121. The Morgan fingerprint density at radius 2 is 2.53 bits per heavy atom. The molecule has 0 saturated carbocycles. The number of hydrogen-bond donors (Lipinski definition) is 2. The van der Waals surface area contributed by atoms with Crippen LogP contribution in [0.3, 0.4) is 0 Å². The predicted octanol–water partition coefficient (Wildman–Crippen LogP) is 2.28. The van der Waals surface area contributed by atoms with Crippen LogP contribution in [0.2, 0.25) is 0 Å². The summed E-state index contributed by atoms with van der Waals surface area (Å²) < 4.78 is 0. The van der Waals surface area contributed by atoms with Crippen LogP contribution in [0.4, 0.5) is 0 Å². The summed E-state index contributed by atoms with van der Waals surface area (Å²) in [5.41, 5.74) is 1.06. The van der Waals surface area contributed by atoms with Crippen molar-refractivity contribution in [1.29, 1.82) is 0 Å². The van der Waals surface area contributed by atoms with E-state index in [4.69, 9.17) is 0 Å². The fraction of sp³-hybridized carbons (Fsp3) is 0.333. The van der Waals surface area contributed by atoms with E-state index < -0.39 is 0 Å². The molecule has 2 aromatic heterocycles. The Balaban J connectivity index is 1.93. The summed E-state index contributed by atoms with van der Waals surface area (Å²) in [6, 6.07) is 1.94. The summed E-state index contributed by atoms with van der Waals surface area (Å²) in [5.74, 6) is 0.845. The maximum atomic E-state index is 11.8. The quantitative estimate of drug-likeness (QED) is 0.854. The third-order valence-electron chi connectivity index (χ3n) is 2.54. The molecule has 1 unspecified atom stereocenters. The predicted molar refractivity (Wildman–Crippen MR) is 67.8 cm³/mol. The van der Waals surface area contributed by atoms with Gasteiger partial charge in [0, 0.05) is 12.4 Å². The Morgan fingerprint density at radius 3 is 3.12 bits per heavy atom. The van der Waals surface area contributed by atoms with Crippen LogP contribution < -0.4 is 5.32 Å². The average molecular weight is 249 g/mol. The molecule has 2 aromatic rings. The fourth-order valence-corrected chi connectivity index (χ4v) is 2.32. The van der Waals surface area contributed by atoms with Gasteiger partial charge in [-0.1, -0.05) is 6.92 Å². The molecular formula is C12H15N3OS. The number of aromatic amines is 1. The molecule has 0 spiro atoms. The smallest absolute Gasteiger partial charge is 0.225 e. The molecule has 17 heavy (non-hydrogen) atoms. The maximum absolute atomic E-state index is 11.8. The van der Waals surface area contributed by atoms with Gasteiger partial charge in [0.2, 0.25) is 5.91 Å². The van der Waals surface area contributed by atoms with Gasteiger partial charge in [-0.15, -0.1) is 0 Å². The number of carbonyl (C=O) groups is 1. The number of thiophene rings is 1. The molecule has 1 amide bonds. The van der Waals surface area contributed by atoms with E-state index in [1.165, 1.54) is 0 Å². The highest BCUT2D eigenvalue weighted by Gasteiger charge is 2.14. The van der Waals surface area contributed by atoms with E-state index >= 15 is 0 Å². The number of carbonyl (C=O) groups excluding carboxylic acids is 1. The van der Waals surface area contributed by atoms with Gasteiger partial charge in [-0.3, -0.25) is 4.79 Å². The van der Waals surface area contributed by atoms with Crippen molar-refractivity contribution in [1.82, 2.24) is 15.3 Å². The lowest BCUT2D eigenvalue weighted by atomic mass is 10.2. The van der Waals surface area contributed by atoms with Gasteiger partial charge in [0.1, 0.15) is 5.82 Å². The number of nitrogens with one attached hydrogen (secondary N) is 2. The first-order chi connectivity index (χ1) is 8.29. The molecule has 0 bridgehead atoms. The summed E-state index contributed by atoms with van der Waals surface area (Å²) in [6.07, 6.45) is 4.72. The molecule has 4 nitrogen and oxygen atoms in total. The topological polar surface area (TPSA) is 57.8 Å². The first-order valence-corrected chi connectivity index (χ1v) is 6.53. The van der Waals surface area contributed by atoms with E-state index in [1.54, 1.807) is 23.7 Å². The van der Waals surface area contributed by atoms with E-state index in [9.17, 15) is 4.79 Å². The van der Waals surface area contributed by atoms with Crippen LogP contribution in [-0.4, -0.2) is 15.9 Å². The van der Waals surface area contributed by atoms with E-state index in [1.807, 2.05) is 23.8 Å². The van der Waals surface area contributed by atoms with Gasteiger partial charge < -0.3 is 10.3 Å². The van der Waals surface area contributed by atoms with E-state index in [0.29, 0.717) is 6.42 Å². The average Bonchev–Trinajstić information content (AvgIpc) is 2.97. The monoisotopic (exact) mass is 249 g/mol. The third-order valence-corrected chi connectivity index (χ3v) is 3.27. The molecule has 0 fully saturated rings. The number of nitrogens with zero attached hydrogens (tertiary/aromatic N) is 1. The summed E-state index contributed by atoms with van der Waals surface area (Å²) >= 11 is 1.61. The SMILES string of the molecule is CCC(NC(=O)Cc1ccsc1)c1ncc[nH]1. The molecule has 0 aliphatic carbocycles. The highest BCUT2D eigenvalue weighted by Crippen LogP contribution is 2.12. The van der Waals surface area contributed by atoms with Gasteiger partial charge in [-0.25, -0.2) is 4.98 Å². The van der Waals surface area contributed by atoms with Crippen LogP contribution in [0.1, 0.15) is 30.8 Å². The van der Waals surface area contributed by atoms with Gasteiger partial charge in [-0.2, -0.15) is 11.3 Å². The van der Waals surface area contributed by atoms with Gasteiger partial charge in [-0.05, 0) is 28.8 Å². The normalized spacial score (nSPS) is 12.3. The Hall–Kier alpha value is -1.62. The zero-order chi connectivity index (χ0) is 12.1. The molecule has 0 aliphatic rings. The Labute approximate surface area is 104 Å². The third kappa shape index (κ3) is 3.17. The van der Waals surface area contributed by atoms with Crippen LogP contribution in [0.15, 0.2) is 29.2 Å². The molecule has 1 atom stereocenters. The second-order valence-electron chi connectivity index (χ2n) is 3.81. The van der Waals surface area contributed by atoms with Crippen molar-refractivity contribution < 1.29 is 4.79 Å². The van der Waals surface area contributed by atoms with Crippen molar-refractivity contribution in [3.63, 3.8) is 0 Å². The molecular weight excluding hydrogens is 234 g/mol. The Bertz CT molecular complexity index is 450. The van der Waals surface area contributed by atoms with Crippen molar-refractivity contribution in [2.45, 2.75) is 25.8 Å². The minimum Gasteiger partial charge on any atom is -0.347 e. The maximum Gasteiger partial charge on any atom is 0.225 e. The molecule has 0 aromatic carbocycles. The van der Waals surface area contributed by atoms with Crippen LogP contribution in [-0.2, 0) is 11.2 Å². The van der Waals surface area contributed by atoms with Crippen molar-refractivity contribution in [3.05, 3.63) is 40.6 Å². The minimum atomic E-state index is -0.0314. The number of hydrogen-bond acceptors (Lipinski definition) is 3. The van der Waals surface area contributed by atoms with Gasteiger partial charge in [0.15, 0.2) is 0 Å². The van der Waals surface area contributed by atoms with E-state index in [-0.39, 0.29) is 11.9 Å². The molecule has 5 heteroatoms. The first-order valence-electron chi connectivity index (χ1n) is 5.59. The molecule has 2 rings (SSSR count). The highest BCUT2D eigenvalue weighted by atomic mass is 32.1. The van der Waals surface area contributed by atoms with E-state index in [2.05, 4.69) is 15.3 Å². The van der Waals surface area contributed by atoms with Crippen LogP contribution in [0.5, 0.6) is 0 Å². The lowest BCUT2D eigenvalue weighted by Gasteiger charge is -2.14. The second kappa shape index (κ2) is 5.63. The molecule has 2 N–H and O–H groups in total. The molecule has 0 aliphatic heterocycles. The summed E-state index contributed by atoms with van der Waals surface area (Å²) in [7, 11) is 0. The lowest BCUT2D eigenvalue weighted by Crippen LogP contribution is -2.30.